The highest BCUT2D eigenvalue weighted by Crippen LogP contribution is 2.20. The van der Waals surface area contributed by atoms with Crippen LogP contribution in [-0.4, -0.2) is 86.4 Å². The molecule has 1 aliphatic rings. The van der Waals surface area contributed by atoms with E-state index in [1.807, 2.05) is 9.80 Å². The van der Waals surface area contributed by atoms with Crippen LogP contribution >= 0.6 is 0 Å². The highest BCUT2D eigenvalue weighted by atomic mass is 16.6. The average Bonchev–Trinajstić information content (AvgIpc) is 3.15. The summed E-state index contributed by atoms with van der Waals surface area (Å²) in [6, 6.07) is 0. The molecule has 2 unspecified atom stereocenters. The van der Waals surface area contributed by atoms with E-state index in [4.69, 9.17) is 14.2 Å². The van der Waals surface area contributed by atoms with Crippen LogP contribution in [0, 0.1) is 0 Å². The molecule has 0 spiro atoms. The number of hydrogen-bond acceptors (Lipinski definition) is 5. The molecule has 2 amide bonds. The minimum atomic E-state index is -0.00502. The van der Waals surface area contributed by atoms with Gasteiger partial charge in [0.25, 0.3) is 0 Å². The number of rotatable bonds is 16. The lowest BCUT2D eigenvalue weighted by molar-refractivity contribution is -0.138. The zero-order valence-corrected chi connectivity index (χ0v) is 19.0. The molecule has 1 fully saturated rings. The Bertz CT molecular complexity index is 408. The summed E-state index contributed by atoms with van der Waals surface area (Å²) < 4.78 is 17.2. The Balaban J connectivity index is 2.20. The monoisotopic (exact) mass is 414 g/mol. The molecule has 170 valence electrons. The minimum Gasteiger partial charge on any atom is -0.370 e. The van der Waals surface area contributed by atoms with Crippen molar-refractivity contribution in [1.29, 1.82) is 0 Å². The van der Waals surface area contributed by atoms with Gasteiger partial charge in [0.05, 0.1) is 25.4 Å². The van der Waals surface area contributed by atoms with Crippen molar-refractivity contribution in [2.75, 3.05) is 52.6 Å². The molecule has 1 saturated heterocycles. The van der Waals surface area contributed by atoms with Crippen LogP contribution in [0.25, 0.3) is 0 Å². The fraction of sp³-hybridized carbons (Fsp3) is 0.909. The maximum atomic E-state index is 12.2. The topological polar surface area (TPSA) is 68.3 Å². The van der Waals surface area contributed by atoms with Crippen molar-refractivity contribution in [3.8, 4) is 0 Å². The SMILES string of the molecule is CCCN(CCC)C(=O)COCC1CCC(COCC(=O)N(CCC)CCC)O1. The van der Waals surface area contributed by atoms with Gasteiger partial charge in [-0.25, -0.2) is 0 Å². The van der Waals surface area contributed by atoms with E-state index in [1.165, 1.54) is 0 Å². The van der Waals surface area contributed by atoms with Gasteiger partial charge in [-0.3, -0.25) is 9.59 Å². The summed E-state index contributed by atoms with van der Waals surface area (Å²) in [5.74, 6) is 0.0996. The Kier molecular flexibility index (Phi) is 13.9. The number of hydrogen-bond donors (Lipinski definition) is 0. The van der Waals surface area contributed by atoms with Gasteiger partial charge in [0, 0.05) is 26.2 Å². The molecule has 29 heavy (non-hydrogen) atoms. The first-order valence-corrected chi connectivity index (χ1v) is 11.4. The summed E-state index contributed by atoms with van der Waals surface area (Å²) in [6.07, 6.45) is 5.59. The molecule has 0 bridgehead atoms. The van der Waals surface area contributed by atoms with E-state index in [9.17, 15) is 9.59 Å². The standard InChI is InChI=1S/C22H42N2O5/c1-5-11-23(12-6-2)21(25)17-27-15-19-9-10-20(29-19)16-28-18-22(26)24(13-7-3)14-8-4/h19-20H,5-18H2,1-4H3. The number of carbonyl (C=O) groups is 2. The van der Waals surface area contributed by atoms with E-state index in [0.717, 1.165) is 64.7 Å². The zero-order valence-electron chi connectivity index (χ0n) is 19.0. The molecule has 0 aromatic heterocycles. The van der Waals surface area contributed by atoms with E-state index in [2.05, 4.69) is 27.7 Å². The highest BCUT2D eigenvalue weighted by Gasteiger charge is 2.26. The maximum Gasteiger partial charge on any atom is 0.248 e. The van der Waals surface area contributed by atoms with Crippen molar-refractivity contribution in [3.63, 3.8) is 0 Å². The lowest BCUT2D eigenvalue weighted by Gasteiger charge is -2.22. The van der Waals surface area contributed by atoms with Gasteiger partial charge in [0.1, 0.15) is 13.2 Å². The van der Waals surface area contributed by atoms with Gasteiger partial charge in [0.15, 0.2) is 0 Å². The largest absolute Gasteiger partial charge is 0.370 e. The summed E-state index contributed by atoms with van der Waals surface area (Å²) in [7, 11) is 0. The van der Waals surface area contributed by atoms with Gasteiger partial charge in [-0.2, -0.15) is 0 Å². The summed E-state index contributed by atoms with van der Waals surface area (Å²) in [4.78, 5) is 28.2. The second kappa shape index (κ2) is 15.6. The first-order chi connectivity index (χ1) is 14.0. The van der Waals surface area contributed by atoms with Crippen molar-refractivity contribution >= 4 is 11.8 Å². The molecule has 2 atom stereocenters. The number of amides is 2. The Morgan fingerprint density at radius 2 is 1.07 bits per heavy atom. The maximum absolute atomic E-state index is 12.2. The molecule has 0 radical (unpaired) electrons. The summed E-state index contributed by atoms with van der Waals surface area (Å²) >= 11 is 0. The first kappa shape index (κ1) is 25.9. The van der Waals surface area contributed by atoms with Crippen LogP contribution in [0.15, 0.2) is 0 Å². The van der Waals surface area contributed by atoms with Crippen molar-refractivity contribution in [1.82, 2.24) is 9.80 Å². The van der Waals surface area contributed by atoms with Crippen LogP contribution in [0.2, 0.25) is 0 Å². The third-order valence-electron chi connectivity index (χ3n) is 4.93. The lowest BCUT2D eigenvalue weighted by atomic mass is 10.2. The minimum absolute atomic E-state index is 0.00502. The second-order valence-electron chi connectivity index (χ2n) is 7.75. The van der Waals surface area contributed by atoms with Crippen LogP contribution < -0.4 is 0 Å². The smallest absolute Gasteiger partial charge is 0.248 e. The van der Waals surface area contributed by atoms with E-state index in [-0.39, 0.29) is 37.2 Å². The molecule has 7 heteroatoms. The van der Waals surface area contributed by atoms with E-state index < -0.39 is 0 Å². The molecule has 0 aromatic rings. The molecule has 0 N–H and O–H groups in total. The number of carbonyl (C=O) groups excluding carboxylic acids is 2. The predicted octanol–water partition coefficient (Wildman–Crippen LogP) is 2.86. The van der Waals surface area contributed by atoms with E-state index >= 15 is 0 Å². The van der Waals surface area contributed by atoms with Gasteiger partial charge in [0.2, 0.25) is 11.8 Å². The van der Waals surface area contributed by atoms with Gasteiger partial charge < -0.3 is 24.0 Å². The van der Waals surface area contributed by atoms with Crippen LogP contribution in [0.5, 0.6) is 0 Å². The quantitative estimate of drug-likeness (QED) is 0.388. The molecule has 1 aliphatic heterocycles. The van der Waals surface area contributed by atoms with Crippen LogP contribution in [0.1, 0.15) is 66.2 Å². The molecular weight excluding hydrogens is 372 g/mol. The second-order valence-corrected chi connectivity index (χ2v) is 7.75. The number of nitrogens with zero attached hydrogens (tertiary/aromatic N) is 2. The number of ether oxygens (including phenoxy) is 3. The first-order valence-electron chi connectivity index (χ1n) is 11.4. The van der Waals surface area contributed by atoms with Crippen molar-refractivity contribution in [2.24, 2.45) is 0 Å². The summed E-state index contributed by atoms with van der Waals surface area (Å²) in [5, 5.41) is 0. The molecule has 1 rings (SSSR count). The molecule has 7 nitrogen and oxygen atoms in total. The third kappa shape index (κ3) is 10.4. The summed E-state index contributed by atoms with van der Waals surface area (Å²) in [6.45, 7) is 12.5. The van der Waals surface area contributed by atoms with Gasteiger partial charge in [-0.1, -0.05) is 27.7 Å². The fourth-order valence-electron chi connectivity index (χ4n) is 3.57. The van der Waals surface area contributed by atoms with Gasteiger partial charge >= 0.3 is 0 Å². The predicted molar refractivity (Wildman–Crippen MR) is 114 cm³/mol. The van der Waals surface area contributed by atoms with Crippen molar-refractivity contribution in [3.05, 3.63) is 0 Å². The Morgan fingerprint density at radius 1 is 0.724 bits per heavy atom. The zero-order chi connectivity index (χ0) is 21.5. The molecule has 0 aliphatic carbocycles. The molecule has 0 saturated carbocycles. The Labute approximate surface area is 177 Å². The van der Waals surface area contributed by atoms with Gasteiger partial charge in [-0.05, 0) is 38.5 Å². The fourth-order valence-corrected chi connectivity index (χ4v) is 3.57. The van der Waals surface area contributed by atoms with Crippen molar-refractivity contribution in [2.45, 2.75) is 78.4 Å². The van der Waals surface area contributed by atoms with E-state index in [0.29, 0.717) is 13.2 Å². The van der Waals surface area contributed by atoms with Crippen LogP contribution in [0.3, 0.4) is 0 Å². The van der Waals surface area contributed by atoms with Crippen LogP contribution in [0.4, 0.5) is 0 Å². The van der Waals surface area contributed by atoms with E-state index in [1.54, 1.807) is 0 Å². The Morgan fingerprint density at radius 3 is 1.38 bits per heavy atom. The van der Waals surface area contributed by atoms with Gasteiger partial charge in [-0.15, -0.1) is 0 Å². The highest BCUT2D eigenvalue weighted by molar-refractivity contribution is 5.77. The Hall–Kier alpha value is -1.18. The van der Waals surface area contributed by atoms with Crippen molar-refractivity contribution < 1.29 is 23.8 Å². The lowest BCUT2D eigenvalue weighted by Crippen LogP contribution is -2.36. The average molecular weight is 415 g/mol. The summed E-state index contributed by atoms with van der Waals surface area (Å²) in [5.41, 5.74) is 0. The molecule has 0 aromatic carbocycles. The van der Waals surface area contributed by atoms with Crippen LogP contribution in [-0.2, 0) is 23.8 Å². The normalized spacial score (nSPS) is 18.8. The third-order valence-corrected chi connectivity index (χ3v) is 4.93. The molecule has 1 heterocycles. The molecular formula is C22H42N2O5.